The molecule has 106 valence electrons. The Morgan fingerprint density at radius 3 is 3.00 bits per heavy atom. The molecule has 2 aromatic rings. The predicted molar refractivity (Wildman–Crippen MR) is 75.4 cm³/mol. The Labute approximate surface area is 117 Å². The van der Waals surface area contributed by atoms with Crippen molar-refractivity contribution in [2.24, 2.45) is 13.0 Å². The van der Waals surface area contributed by atoms with Crippen LogP contribution in [0.2, 0.25) is 0 Å². The zero-order chi connectivity index (χ0) is 14.3. The van der Waals surface area contributed by atoms with E-state index in [0.717, 1.165) is 36.3 Å². The van der Waals surface area contributed by atoms with Gasteiger partial charge in [0, 0.05) is 25.1 Å². The van der Waals surface area contributed by atoms with Gasteiger partial charge in [-0.25, -0.2) is 0 Å². The molecular formula is C14H19N5O. The van der Waals surface area contributed by atoms with Crippen LogP contribution in [0.25, 0.3) is 0 Å². The highest BCUT2D eigenvalue weighted by molar-refractivity contribution is 5.93. The number of nitrogens with one attached hydrogen (secondary N) is 2. The number of hydrogen-bond acceptors (Lipinski definition) is 3. The molecule has 2 aromatic heterocycles. The summed E-state index contributed by atoms with van der Waals surface area (Å²) in [4.78, 5) is 12.4. The number of anilines is 1. The Hall–Kier alpha value is -2.11. The van der Waals surface area contributed by atoms with Crippen molar-refractivity contribution >= 4 is 11.6 Å². The second-order valence-corrected chi connectivity index (χ2v) is 5.48. The normalized spacial score (nSPS) is 17.9. The number of fused-ring (bicyclic) bond motifs is 1. The zero-order valence-electron chi connectivity index (χ0n) is 12.0. The van der Waals surface area contributed by atoms with Crippen LogP contribution >= 0.6 is 0 Å². The first-order chi connectivity index (χ1) is 9.56. The minimum atomic E-state index is 0.00611. The van der Waals surface area contributed by atoms with Crippen molar-refractivity contribution < 1.29 is 4.79 Å². The van der Waals surface area contributed by atoms with E-state index in [9.17, 15) is 4.79 Å². The molecule has 0 radical (unpaired) electrons. The zero-order valence-corrected chi connectivity index (χ0v) is 12.0. The predicted octanol–water partition coefficient (Wildman–Crippen LogP) is 1.50. The summed E-state index contributed by atoms with van der Waals surface area (Å²) in [6, 6.07) is 0. The molecule has 0 saturated heterocycles. The Morgan fingerprint density at radius 1 is 1.50 bits per heavy atom. The van der Waals surface area contributed by atoms with E-state index in [4.69, 9.17) is 0 Å². The first-order valence-corrected chi connectivity index (χ1v) is 6.88. The fourth-order valence-corrected chi connectivity index (χ4v) is 2.83. The number of carbonyl (C=O) groups is 1. The van der Waals surface area contributed by atoms with Crippen molar-refractivity contribution in [3.63, 3.8) is 0 Å². The topological polar surface area (TPSA) is 75.6 Å². The number of aryl methyl sites for hydroxylation is 4. The van der Waals surface area contributed by atoms with Crippen LogP contribution in [-0.4, -0.2) is 25.9 Å². The number of carbonyl (C=O) groups excluding carboxylic acids is 1. The lowest BCUT2D eigenvalue weighted by atomic mass is 9.87. The van der Waals surface area contributed by atoms with E-state index >= 15 is 0 Å². The van der Waals surface area contributed by atoms with Gasteiger partial charge in [0.25, 0.3) is 0 Å². The van der Waals surface area contributed by atoms with Crippen molar-refractivity contribution in [3.05, 3.63) is 28.8 Å². The minimum Gasteiger partial charge on any atom is -0.323 e. The van der Waals surface area contributed by atoms with Crippen molar-refractivity contribution in [1.82, 2.24) is 20.0 Å². The number of amides is 1. The molecule has 1 amide bonds. The van der Waals surface area contributed by atoms with Gasteiger partial charge in [-0.05, 0) is 32.3 Å². The van der Waals surface area contributed by atoms with Crippen molar-refractivity contribution in [3.8, 4) is 0 Å². The molecule has 1 unspecified atom stereocenters. The van der Waals surface area contributed by atoms with E-state index < -0.39 is 0 Å². The second kappa shape index (κ2) is 4.77. The summed E-state index contributed by atoms with van der Waals surface area (Å²) < 4.78 is 1.88. The Kier molecular flexibility index (Phi) is 3.08. The van der Waals surface area contributed by atoms with Gasteiger partial charge in [0.1, 0.15) is 0 Å². The maximum Gasteiger partial charge on any atom is 0.227 e. The van der Waals surface area contributed by atoms with Gasteiger partial charge in [0.15, 0.2) is 0 Å². The van der Waals surface area contributed by atoms with Gasteiger partial charge in [0.05, 0.1) is 23.3 Å². The smallest absolute Gasteiger partial charge is 0.227 e. The Bertz CT molecular complexity index is 635. The van der Waals surface area contributed by atoms with Gasteiger partial charge < -0.3 is 5.32 Å². The van der Waals surface area contributed by atoms with Crippen molar-refractivity contribution in [2.45, 2.75) is 33.1 Å². The molecule has 2 N–H and O–H groups in total. The SMILES string of the molecule is Cc1n[nH]c(C)c1NC(=O)C1CCc2cnn(C)c2C1. The van der Waals surface area contributed by atoms with E-state index in [1.165, 1.54) is 11.3 Å². The van der Waals surface area contributed by atoms with E-state index in [1.54, 1.807) is 0 Å². The summed E-state index contributed by atoms with van der Waals surface area (Å²) in [6.45, 7) is 3.80. The number of nitrogens with zero attached hydrogens (tertiary/aromatic N) is 3. The van der Waals surface area contributed by atoms with Crippen LogP contribution in [0.5, 0.6) is 0 Å². The van der Waals surface area contributed by atoms with Crippen LogP contribution in [0.3, 0.4) is 0 Å². The molecule has 1 aliphatic rings. The number of rotatable bonds is 2. The first kappa shape index (κ1) is 12.9. The lowest BCUT2D eigenvalue weighted by Crippen LogP contribution is -2.29. The lowest BCUT2D eigenvalue weighted by molar-refractivity contribution is -0.120. The molecule has 2 heterocycles. The molecule has 0 spiro atoms. The highest BCUT2D eigenvalue weighted by Gasteiger charge is 2.27. The lowest BCUT2D eigenvalue weighted by Gasteiger charge is -2.22. The van der Waals surface area contributed by atoms with E-state index in [2.05, 4.69) is 20.6 Å². The van der Waals surface area contributed by atoms with Gasteiger partial charge in [-0.3, -0.25) is 14.6 Å². The van der Waals surface area contributed by atoms with Crippen LogP contribution < -0.4 is 5.32 Å². The standard InChI is InChI=1S/C14H19N5O/c1-8-13(9(2)18-17-8)16-14(20)10-4-5-11-7-15-19(3)12(11)6-10/h7,10H,4-6H2,1-3H3,(H,16,20)(H,17,18). The van der Waals surface area contributed by atoms with Gasteiger partial charge in [-0.2, -0.15) is 10.2 Å². The highest BCUT2D eigenvalue weighted by Crippen LogP contribution is 2.26. The third-order valence-corrected chi connectivity index (χ3v) is 4.10. The van der Waals surface area contributed by atoms with Crippen LogP contribution in [0.1, 0.15) is 29.1 Å². The number of aromatic amines is 1. The summed E-state index contributed by atoms with van der Waals surface area (Å²) >= 11 is 0. The number of H-pyrrole nitrogens is 1. The molecule has 6 heteroatoms. The average Bonchev–Trinajstić information content (AvgIpc) is 2.96. The molecule has 0 saturated carbocycles. The summed E-state index contributed by atoms with van der Waals surface area (Å²) in [5, 5.41) is 14.3. The molecule has 1 atom stereocenters. The van der Waals surface area contributed by atoms with Gasteiger partial charge in [-0.1, -0.05) is 0 Å². The summed E-state index contributed by atoms with van der Waals surface area (Å²) in [7, 11) is 1.93. The molecule has 0 fully saturated rings. The third kappa shape index (κ3) is 2.11. The molecule has 0 bridgehead atoms. The molecule has 1 aliphatic carbocycles. The maximum atomic E-state index is 12.4. The van der Waals surface area contributed by atoms with Crippen LogP contribution in [0, 0.1) is 19.8 Å². The first-order valence-electron chi connectivity index (χ1n) is 6.88. The summed E-state index contributed by atoms with van der Waals surface area (Å²) in [5.74, 6) is 0.0797. The molecule has 0 aromatic carbocycles. The fourth-order valence-electron chi connectivity index (χ4n) is 2.83. The van der Waals surface area contributed by atoms with Crippen LogP contribution in [0.4, 0.5) is 5.69 Å². The van der Waals surface area contributed by atoms with Gasteiger partial charge in [0.2, 0.25) is 5.91 Å². The van der Waals surface area contributed by atoms with Gasteiger partial charge >= 0.3 is 0 Å². The third-order valence-electron chi connectivity index (χ3n) is 4.10. The second-order valence-electron chi connectivity index (χ2n) is 5.48. The van der Waals surface area contributed by atoms with Crippen LogP contribution in [0.15, 0.2) is 6.20 Å². The molecule has 20 heavy (non-hydrogen) atoms. The van der Waals surface area contributed by atoms with E-state index in [0.29, 0.717) is 0 Å². The van der Waals surface area contributed by atoms with Crippen LogP contribution in [-0.2, 0) is 24.7 Å². The maximum absolute atomic E-state index is 12.4. The molecule has 6 nitrogen and oxygen atoms in total. The van der Waals surface area contributed by atoms with Crippen molar-refractivity contribution in [2.75, 3.05) is 5.32 Å². The molecular weight excluding hydrogens is 254 g/mol. The number of hydrogen-bond donors (Lipinski definition) is 2. The largest absolute Gasteiger partial charge is 0.323 e. The van der Waals surface area contributed by atoms with Crippen molar-refractivity contribution in [1.29, 1.82) is 0 Å². The fraction of sp³-hybridized carbons (Fsp3) is 0.500. The molecule has 0 aliphatic heterocycles. The summed E-state index contributed by atoms with van der Waals surface area (Å²) in [6.07, 6.45) is 4.46. The average molecular weight is 273 g/mol. The quantitative estimate of drug-likeness (QED) is 0.870. The Morgan fingerprint density at radius 2 is 2.30 bits per heavy atom. The Balaban J connectivity index is 1.75. The van der Waals surface area contributed by atoms with E-state index in [1.807, 2.05) is 31.8 Å². The monoisotopic (exact) mass is 273 g/mol. The summed E-state index contributed by atoms with van der Waals surface area (Å²) in [5.41, 5.74) is 4.98. The van der Waals surface area contributed by atoms with E-state index in [-0.39, 0.29) is 11.8 Å². The number of aromatic nitrogens is 4. The highest BCUT2D eigenvalue weighted by atomic mass is 16.1. The minimum absolute atomic E-state index is 0.00611. The van der Waals surface area contributed by atoms with Gasteiger partial charge in [-0.15, -0.1) is 0 Å². The molecule has 3 rings (SSSR count).